The van der Waals surface area contributed by atoms with Crippen LogP contribution in [0.1, 0.15) is 40.0 Å². The number of quaternary nitrogens is 1. The molecule has 0 aromatic rings. The average Bonchev–Trinajstić information content (AvgIpc) is 1.88. The molecular weight excluding hydrogens is 170 g/mol. The largest absolute Gasteiger partial charge is 1.00 e. The molecule has 0 atom stereocenters. The number of hydrogen-bond acceptors (Lipinski definition) is 0. The summed E-state index contributed by atoms with van der Waals surface area (Å²) in [5.41, 5.74) is 0. The maximum absolute atomic E-state index is 2.39. The van der Waals surface area contributed by atoms with Crippen molar-refractivity contribution in [3.05, 3.63) is 0 Å². The summed E-state index contributed by atoms with van der Waals surface area (Å²) in [7, 11) is 2.39. The molecule has 0 bridgehead atoms. The van der Waals surface area contributed by atoms with Crippen LogP contribution >= 0.6 is 0 Å². The van der Waals surface area contributed by atoms with E-state index in [2.05, 4.69) is 27.8 Å². The first kappa shape index (κ1) is 14.8. The van der Waals surface area contributed by atoms with Crippen molar-refractivity contribution in [1.82, 2.24) is 0 Å². The summed E-state index contributed by atoms with van der Waals surface area (Å²) >= 11 is 0. The molecule has 0 aliphatic carbocycles. The zero-order chi connectivity index (χ0) is 8.74. The van der Waals surface area contributed by atoms with Crippen LogP contribution in [0.2, 0.25) is 0 Å². The molecule has 76 valence electrons. The number of halogens is 1. The highest BCUT2D eigenvalue weighted by atomic mass is 35.5. The van der Waals surface area contributed by atoms with Crippen LogP contribution in [0.4, 0.5) is 0 Å². The zero-order valence-corrected chi connectivity index (χ0v) is 9.82. The number of nitrogens with zero attached hydrogens (tertiary/aromatic N) is 1. The molecule has 0 amide bonds. The van der Waals surface area contributed by atoms with Gasteiger partial charge in [0.2, 0.25) is 0 Å². The molecular formula is C10H24ClN. The van der Waals surface area contributed by atoms with E-state index in [-0.39, 0.29) is 12.4 Å². The summed E-state index contributed by atoms with van der Waals surface area (Å²) in [5, 5.41) is 0. The fourth-order valence-corrected chi connectivity index (χ4v) is 1.95. The molecule has 0 saturated carbocycles. The molecule has 0 fully saturated rings. The third kappa shape index (κ3) is 5.84. The van der Waals surface area contributed by atoms with Gasteiger partial charge in [0.25, 0.3) is 0 Å². The van der Waals surface area contributed by atoms with E-state index < -0.39 is 0 Å². The summed E-state index contributed by atoms with van der Waals surface area (Å²) in [5.74, 6) is 0. The van der Waals surface area contributed by atoms with Crippen molar-refractivity contribution in [3.8, 4) is 0 Å². The van der Waals surface area contributed by atoms with Crippen molar-refractivity contribution in [2.24, 2.45) is 0 Å². The maximum atomic E-state index is 2.39. The van der Waals surface area contributed by atoms with Crippen molar-refractivity contribution in [2.75, 3.05) is 26.7 Å². The van der Waals surface area contributed by atoms with E-state index in [0.717, 1.165) is 0 Å². The molecule has 1 nitrogen and oxygen atoms in total. The summed E-state index contributed by atoms with van der Waals surface area (Å²) in [6.07, 6.45) is 3.95. The highest BCUT2D eigenvalue weighted by Crippen LogP contribution is 2.06. The average molecular weight is 194 g/mol. The number of hydrogen-bond donors (Lipinski definition) is 0. The molecule has 0 aromatic carbocycles. The number of rotatable bonds is 6. The first-order valence-electron chi connectivity index (χ1n) is 5.02. The lowest BCUT2D eigenvalue weighted by Crippen LogP contribution is -3.00. The molecule has 0 saturated heterocycles. The van der Waals surface area contributed by atoms with E-state index in [1.54, 1.807) is 0 Å². The van der Waals surface area contributed by atoms with Gasteiger partial charge >= 0.3 is 0 Å². The fraction of sp³-hybridized carbons (Fsp3) is 1.00. The normalized spacial score (nSPS) is 11.0. The SMILES string of the molecule is CCC[N+](C)(CCC)CCC.[Cl-]. The first-order valence-corrected chi connectivity index (χ1v) is 5.02. The van der Waals surface area contributed by atoms with Crippen molar-refractivity contribution >= 4 is 0 Å². The van der Waals surface area contributed by atoms with Gasteiger partial charge < -0.3 is 16.9 Å². The minimum absolute atomic E-state index is 0. The molecule has 0 heterocycles. The van der Waals surface area contributed by atoms with E-state index in [4.69, 9.17) is 0 Å². The third-order valence-electron chi connectivity index (χ3n) is 2.29. The lowest BCUT2D eigenvalue weighted by Gasteiger charge is -2.33. The maximum Gasteiger partial charge on any atom is 0.0781 e. The minimum atomic E-state index is 0. The zero-order valence-electron chi connectivity index (χ0n) is 9.07. The van der Waals surface area contributed by atoms with Crippen LogP contribution in [0.25, 0.3) is 0 Å². The fourth-order valence-electron chi connectivity index (χ4n) is 1.95. The van der Waals surface area contributed by atoms with Gasteiger partial charge in [-0.25, -0.2) is 0 Å². The molecule has 0 rings (SSSR count). The molecule has 0 aliphatic heterocycles. The lowest BCUT2D eigenvalue weighted by molar-refractivity contribution is -0.909. The second kappa shape index (κ2) is 7.88. The van der Waals surface area contributed by atoms with Gasteiger partial charge in [-0.3, -0.25) is 0 Å². The molecule has 12 heavy (non-hydrogen) atoms. The molecule has 0 aliphatic rings. The van der Waals surface area contributed by atoms with Gasteiger partial charge in [0, 0.05) is 0 Å². The van der Waals surface area contributed by atoms with E-state index in [0.29, 0.717) is 0 Å². The van der Waals surface area contributed by atoms with Gasteiger partial charge in [0.05, 0.1) is 26.7 Å². The van der Waals surface area contributed by atoms with Crippen molar-refractivity contribution in [2.45, 2.75) is 40.0 Å². The van der Waals surface area contributed by atoms with Gasteiger partial charge in [-0.2, -0.15) is 0 Å². The van der Waals surface area contributed by atoms with Crippen LogP contribution in [0.3, 0.4) is 0 Å². The van der Waals surface area contributed by atoms with Crippen LogP contribution in [0.15, 0.2) is 0 Å². The van der Waals surface area contributed by atoms with Gasteiger partial charge in [0.1, 0.15) is 0 Å². The Bertz CT molecular complexity index is 76.8. The second-order valence-electron chi connectivity index (χ2n) is 3.79. The van der Waals surface area contributed by atoms with E-state index in [1.807, 2.05) is 0 Å². The lowest BCUT2D eigenvalue weighted by atomic mass is 10.2. The third-order valence-corrected chi connectivity index (χ3v) is 2.29. The summed E-state index contributed by atoms with van der Waals surface area (Å²) in [6.45, 7) is 10.9. The monoisotopic (exact) mass is 193 g/mol. The second-order valence-corrected chi connectivity index (χ2v) is 3.79. The Morgan fingerprint density at radius 2 is 1.00 bits per heavy atom. The van der Waals surface area contributed by atoms with Crippen LogP contribution < -0.4 is 12.4 Å². The van der Waals surface area contributed by atoms with Crippen LogP contribution in [-0.4, -0.2) is 31.2 Å². The summed E-state index contributed by atoms with van der Waals surface area (Å²) in [6, 6.07) is 0. The molecule has 0 unspecified atom stereocenters. The van der Waals surface area contributed by atoms with Crippen LogP contribution in [-0.2, 0) is 0 Å². The molecule has 0 N–H and O–H groups in total. The van der Waals surface area contributed by atoms with Gasteiger partial charge in [-0.05, 0) is 19.3 Å². The Labute approximate surface area is 84.1 Å². The van der Waals surface area contributed by atoms with E-state index in [9.17, 15) is 0 Å². The van der Waals surface area contributed by atoms with Crippen LogP contribution in [0.5, 0.6) is 0 Å². The molecule has 0 spiro atoms. The van der Waals surface area contributed by atoms with Crippen LogP contribution in [0, 0.1) is 0 Å². The smallest absolute Gasteiger partial charge is 0.0781 e. The topological polar surface area (TPSA) is 0 Å². The van der Waals surface area contributed by atoms with E-state index >= 15 is 0 Å². The highest BCUT2D eigenvalue weighted by Gasteiger charge is 2.16. The molecule has 2 heteroatoms. The van der Waals surface area contributed by atoms with Gasteiger partial charge in [-0.1, -0.05) is 20.8 Å². The highest BCUT2D eigenvalue weighted by molar-refractivity contribution is 4.37. The summed E-state index contributed by atoms with van der Waals surface area (Å²) in [4.78, 5) is 0. The van der Waals surface area contributed by atoms with Crippen molar-refractivity contribution in [3.63, 3.8) is 0 Å². The Balaban J connectivity index is 0. The predicted molar refractivity (Wildman–Crippen MR) is 51.7 cm³/mol. The quantitative estimate of drug-likeness (QED) is 0.507. The minimum Gasteiger partial charge on any atom is -1.00 e. The first-order chi connectivity index (χ1) is 5.18. The Kier molecular flexibility index (Phi) is 9.69. The van der Waals surface area contributed by atoms with E-state index in [1.165, 1.54) is 43.4 Å². The van der Waals surface area contributed by atoms with Crippen molar-refractivity contribution in [1.29, 1.82) is 0 Å². The standard InChI is InChI=1S/C10H24N.ClH/c1-5-8-11(4,9-6-2)10-7-3;/h5-10H2,1-4H3;1H/q+1;/p-1. The molecule has 0 radical (unpaired) electrons. The van der Waals surface area contributed by atoms with Crippen molar-refractivity contribution < 1.29 is 16.9 Å². The predicted octanol–water partition coefficient (Wildman–Crippen LogP) is -0.333. The Morgan fingerprint density at radius 3 is 1.17 bits per heavy atom. The molecule has 0 aromatic heterocycles. The Hall–Kier alpha value is 0.250. The summed E-state index contributed by atoms with van der Waals surface area (Å²) < 4.78 is 1.28. The Morgan fingerprint density at radius 1 is 0.750 bits per heavy atom. The van der Waals surface area contributed by atoms with Gasteiger partial charge in [0.15, 0.2) is 0 Å². The van der Waals surface area contributed by atoms with Gasteiger partial charge in [-0.15, -0.1) is 0 Å².